The Balaban J connectivity index is 2.68. The van der Waals surface area contributed by atoms with Gasteiger partial charge in [0.2, 0.25) is 0 Å². The molecule has 0 bridgehead atoms. The van der Waals surface area contributed by atoms with Gasteiger partial charge in [0.15, 0.2) is 0 Å². The summed E-state index contributed by atoms with van der Waals surface area (Å²) in [6, 6.07) is 5.70. The number of thiophene rings is 1. The lowest BCUT2D eigenvalue weighted by atomic mass is 9.97. The number of nitrogens with two attached hydrogens (primary N) is 1. The van der Waals surface area contributed by atoms with Crippen LogP contribution in [0, 0.1) is 13.8 Å². The second-order valence-electron chi connectivity index (χ2n) is 4.00. The molecule has 2 rings (SSSR count). The number of aromatic carboxylic acids is 1. The summed E-state index contributed by atoms with van der Waals surface area (Å²) >= 11 is 1.23. The number of carbonyl (C=O) groups is 1. The lowest BCUT2D eigenvalue weighted by Gasteiger charge is -2.10. The highest BCUT2D eigenvalue weighted by Gasteiger charge is 2.15. The van der Waals surface area contributed by atoms with Crippen molar-refractivity contribution in [3.05, 3.63) is 39.6 Å². The van der Waals surface area contributed by atoms with Crippen molar-refractivity contribution in [2.24, 2.45) is 0 Å². The first-order valence-electron chi connectivity index (χ1n) is 5.18. The second-order valence-corrected chi connectivity index (χ2v) is 4.91. The maximum Gasteiger partial charge on any atom is 0.346 e. The van der Waals surface area contributed by atoms with Gasteiger partial charge in [-0.25, -0.2) is 4.79 Å². The first-order chi connectivity index (χ1) is 8.00. The third-order valence-electron chi connectivity index (χ3n) is 2.74. The molecule has 0 unspecified atom stereocenters. The maximum atomic E-state index is 11.1. The van der Waals surface area contributed by atoms with Crippen molar-refractivity contribution in [3.63, 3.8) is 0 Å². The molecule has 3 nitrogen and oxygen atoms in total. The van der Waals surface area contributed by atoms with Crippen molar-refractivity contribution < 1.29 is 9.90 Å². The van der Waals surface area contributed by atoms with Gasteiger partial charge in [-0.1, -0.05) is 6.07 Å². The second kappa shape index (κ2) is 4.22. The van der Waals surface area contributed by atoms with Crippen LogP contribution in [0.4, 0.5) is 5.69 Å². The van der Waals surface area contributed by atoms with Crippen LogP contribution in [0.1, 0.15) is 20.8 Å². The van der Waals surface area contributed by atoms with Crippen molar-refractivity contribution in [1.29, 1.82) is 0 Å². The Morgan fingerprint density at radius 1 is 1.29 bits per heavy atom. The highest BCUT2D eigenvalue weighted by atomic mass is 32.1. The summed E-state index contributed by atoms with van der Waals surface area (Å²) in [5.74, 6) is -0.894. The molecule has 0 fully saturated rings. The smallest absolute Gasteiger partial charge is 0.346 e. The molecule has 0 saturated heterocycles. The fourth-order valence-corrected chi connectivity index (χ4v) is 2.60. The number of hydrogen-bond acceptors (Lipinski definition) is 3. The Kier molecular flexibility index (Phi) is 2.90. The van der Waals surface area contributed by atoms with Crippen LogP contribution in [0.25, 0.3) is 11.1 Å². The lowest BCUT2D eigenvalue weighted by Crippen LogP contribution is -1.98. The summed E-state index contributed by atoms with van der Waals surface area (Å²) < 4.78 is 0. The summed E-state index contributed by atoms with van der Waals surface area (Å²) in [5, 5.41) is 10.9. The van der Waals surface area contributed by atoms with Gasteiger partial charge in [-0.15, -0.1) is 11.3 Å². The summed E-state index contributed by atoms with van der Waals surface area (Å²) in [7, 11) is 0. The van der Waals surface area contributed by atoms with E-state index in [0.717, 1.165) is 22.3 Å². The molecule has 1 aromatic heterocycles. The van der Waals surface area contributed by atoms with Gasteiger partial charge in [-0.2, -0.15) is 0 Å². The number of benzene rings is 1. The molecule has 0 saturated carbocycles. The van der Waals surface area contributed by atoms with Gasteiger partial charge in [0, 0.05) is 11.3 Å². The van der Waals surface area contributed by atoms with E-state index in [9.17, 15) is 4.79 Å². The molecule has 1 heterocycles. The van der Waals surface area contributed by atoms with E-state index in [2.05, 4.69) is 0 Å². The van der Waals surface area contributed by atoms with E-state index in [1.165, 1.54) is 11.3 Å². The van der Waals surface area contributed by atoms with Crippen LogP contribution in [-0.4, -0.2) is 11.1 Å². The van der Waals surface area contributed by atoms with E-state index >= 15 is 0 Å². The van der Waals surface area contributed by atoms with E-state index in [4.69, 9.17) is 10.8 Å². The molecular weight excluding hydrogens is 234 g/mol. The van der Waals surface area contributed by atoms with E-state index in [-0.39, 0.29) is 0 Å². The minimum absolute atomic E-state index is 0.359. The standard InChI is InChI=1S/C13H13NO2S/c1-7-5-10(8(2)11(14)6-7)9-3-4-17-12(9)13(15)16/h3-6H,14H2,1-2H3,(H,15,16). The number of aryl methyl sites for hydroxylation is 1. The molecule has 0 atom stereocenters. The zero-order valence-electron chi connectivity index (χ0n) is 9.65. The van der Waals surface area contributed by atoms with E-state index in [1.807, 2.05) is 32.0 Å². The van der Waals surface area contributed by atoms with Gasteiger partial charge in [-0.05, 0) is 48.1 Å². The first kappa shape index (κ1) is 11.7. The largest absolute Gasteiger partial charge is 0.477 e. The Bertz CT molecular complexity index is 587. The Morgan fingerprint density at radius 2 is 2.00 bits per heavy atom. The van der Waals surface area contributed by atoms with E-state index < -0.39 is 5.97 Å². The Labute approximate surface area is 104 Å². The molecule has 0 aliphatic carbocycles. The van der Waals surface area contributed by atoms with Crippen LogP contribution in [0.5, 0.6) is 0 Å². The monoisotopic (exact) mass is 247 g/mol. The normalized spacial score (nSPS) is 10.5. The quantitative estimate of drug-likeness (QED) is 0.800. The van der Waals surface area contributed by atoms with Crippen LogP contribution in [0.3, 0.4) is 0 Å². The number of hydrogen-bond donors (Lipinski definition) is 2. The van der Waals surface area contributed by atoms with Crippen molar-refractivity contribution in [3.8, 4) is 11.1 Å². The summed E-state index contributed by atoms with van der Waals surface area (Å²) in [5.41, 5.74) is 10.2. The molecule has 0 radical (unpaired) electrons. The maximum absolute atomic E-state index is 11.1. The summed E-state index contributed by atoms with van der Waals surface area (Å²) in [6.45, 7) is 3.86. The van der Waals surface area contributed by atoms with Gasteiger partial charge in [-0.3, -0.25) is 0 Å². The van der Waals surface area contributed by atoms with Gasteiger partial charge in [0.25, 0.3) is 0 Å². The molecule has 3 N–H and O–H groups in total. The van der Waals surface area contributed by atoms with Crippen molar-refractivity contribution >= 4 is 23.0 Å². The third kappa shape index (κ3) is 2.03. The predicted molar refractivity (Wildman–Crippen MR) is 70.6 cm³/mol. The molecule has 1 aromatic carbocycles. The molecule has 0 aliphatic rings. The summed E-state index contributed by atoms with van der Waals surface area (Å²) in [4.78, 5) is 11.5. The zero-order valence-corrected chi connectivity index (χ0v) is 10.5. The Morgan fingerprint density at radius 3 is 2.65 bits per heavy atom. The number of anilines is 1. The average Bonchev–Trinajstić information content (AvgIpc) is 2.72. The Hall–Kier alpha value is -1.81. The van der Waals surface area contributed by atoms with Crippen LogP contribution in [0.15, 0.2) is 23.6 Å². The highest BCUT2D eigenvalue weighted by Crippen LogP contribution is 2.33. The van der Waals surface area contributed by atoms with Crippen molar-refractivity contribution in [1.82, 2.24) is 0 Å². The number of rotatable bonds is 2. The molecule has 0 spiro atoms. The fourth-order valence-electron chi connectivity index (χ4n) is 1.85. The van der Waals surface area contributed by atoms with E-state index in [1.54, 1.807) is 5.38 Å². The van der Waals surface area contributed by atoms with Crippen LogP contribution >= 0.6 is 11.3 Å². The number of carboxylic acids is 1. The summed E-state index contributed by atoms with van der Waals surface area (Å²) in [6.07, 6.45) is 0. The molecule has 88 valence electrons. The molecule has 0 aliphatic heterocycles. The number of nitrogen functional groups attached to an aromatic ring is 1. The molecule has 4 heteroatoms. The zero-order chi connectivity index (χ0) is 12.6. The first-order valence-corrected chi connectivity index (χ1v) is 6.06. The van der Waals surface area contributed by atoms with Crippen LogP contribution in [0.2, 0.25) is 0 Å². The topological polar surface area (TPSA) is 63.3 Å². The van der Waals surface area contributed by atoms with Crippen molar-refractivity contribution in [2.75, 3.05) is 5.73 Å². The van der Waals surface area contributed by atoms with Gasteiger partial charge >= 0.3 is 5.97 Å². The van der Waals surface area contributed by atoms with E-state index in [0.29, 0.717) is 10.6 Å². The lowest BCUT2D eigenvalue weighted by molar-refractivity contribution is 0.0703. The van der Waals surface area contributed by atoms with Crippen LogP contribution < -0.4 is 5.73 Å². The van der Waals surface area contributed by atoms with Crippen LogP contribution in [-0.2, 0) is 0 Å². The molecule has 17 heavy (non-hydrogen) atoms. The fraction of sp³-hybridized carbons (Fsp3) is 0.154. The minimum atomic E-state index is -0.894. The highest BCUT2D eigenvalue weighted by molar-refractivity contribution is 7.12. The van der Waals surface area contributed by atoms with Gasteiger partial charge in [0.1, 0.15) is 4.88 Å². The molecule has 2 aromatic rings. The minimum Gasteiger partial charge on any atom is -0.477 e. The van der Waals surface area contributed by atoms with Crippen molar-refractivity contribution in [2.45, 2.75) is 13.8 Å². The van der Waals surface area contributed by atoms with Gasteiger partial charge in [0.05, 0.1) is 0 Å². The predicted octanol–water partition coefficient (Wildman–Crippen LogP) is 3.31. The average molecular weight is 247 g/mol. The molecule has 0 amide bonds. The SMILES string of the molecule is Cc1cc(N)c(C)c(-c2ccsc2C(=O)O)c1. The van der Waals surface area contributed by atoms with Gasteiger partial charge < -0.3 is 10.8 Å². The molecular formula is C13H13NO2S. The third-order valence-corrected chi connectivity index (χ3v) is 3.64. The number of carboxylic acid groups (broad SMARTS) is 1.